The summed E-state index contributed by atoms with van der Waals surface area (Å²) < 4.78 is 9.09. The molecule has 0 unspecified atom stereocenters. The van der Waals surface area contributed by atoms with E-state index >= 15 is 0 Å². The third-order valence-electron chi connectivity index (χ3n) is 2.16. The van der Waals surface area contributed by atoms with Crippen molar-refractivity contribution in [3.8, 4) is 0 Å². The van der Waals surface area contributed by atoms with Crippen molar-refractivity contribution >= 4 is 16.7 Å². The largest absolute Gasteiger partial charge is 0.377 e. The predicted molar refractivity (Wildman–Crippen MR) is 51.8 cm³/mol. The predicted octanol–water partition coefficient (Wildman–Crippen LogP) is 1.50. The second kappa shape index (κ2) is 3.59. The zero-order chi connectivity index (χ0) is 9.26. The van der Waals surface area contributed by atoms with Crippen molar-refractivity contribution < 1.29 is 4.74 Å². The number of aromatic nitrogens is 2. The van der Waals surface area contributed by atoms with E-state index in [2.05, 4.69) is 21.6 Å². The normalized spacial score (nSPS) is 26.0. The third-order valence-corrected chi connectivity index (χ3v) is 2.84. The molecule has 1 heterocycles. The van der Waals surface area contributed by atoms with Crippen molar-refractivity contribution in [1.29, 1.82) is 0 Å². The molecule has 1 saturated carbocycles. The molecule has 2 rings (SSSR count). The Morgan fingerprint density at radius 2 is 2.46 bits per heavy atom. The van der Waals surface area contributed by atoms with Gasteiger partial charge in [-0.1, -0.05) is 6.92 Å². The van der Waals surface area contributed by atoms with E-state index in [1.807, 2.05) is 0 Å². The quantitative estimate of drug-likeness (QED) is 0.798. The zero-order valence-electron chi connectivity index (χ0n) is 7.78. The molecule has 1 aliphatic carbocycles. The number of hydrogen-bond acceptors (Lipinski definition) is 5. The Kier molecular flexibility index (Phi) is 2.46. The molecule has 0 radical (unpaired) electrons. The van der Waals surface area contributed by atoms with Crippen molar-refractivity contribution in [3.63, 3.8) is 0 Å². The molecule has 5 heteroatoms. The number of nitrogens with one attached hydrogen (secondary N) is 1. The van der Waals surface area contributed by atoms with Gasteiger partial charge in [0.15, 0.2) is 5.82 Å². The number of anilines is 1. The van der Waals surface area contributed by atoms with Crippen LogP contribution in [0.3, 0.4) is 0 Å². The van der Waals surface area contributed by atoms with Gasteiger partial charge in [-0.3, -0.25) is 0 Å². The molecule has 72 valence electrons. The lowest BCUT2D eigenvalue weighted by atomic mass is 10.5. The molecule has 13 heavy (non-hydrogen) atoms. The second-order valence-electron chi connectivity index (χ2n) is 3.41. The molecule has 0 saturated heterocycles. The number of rotatable bonds is 4. The first kappa shape index (κ1) is 8.90. The molecule has 1 aliphatic rings. The van der Waals surface area contributed by atoms with Gasteiger partial charge in [0.25, 0.3) is 0 Å². The highest BCUT2D eigenvalue weighted by molar-refractivity contribution is 7.09. The van der Waals surface area contributed by atoms with Crippen molar-refractivity contribution in [2.75, 3.05) is 12.4 Å². The van der Waals surface area contributed by atoms with Gasteiger partial charge in [-0.2, -0.15) is 4.37 Å². The lowest BCUT2D eigenvalue weighted by Gasteiger charge is -1.96. The van der Waals surface area contributed by atoms with E-state index < -0.39 is 0 Å². The standard InChI is InChI=1S/C8H13N3OS/c1-5-3-6(5)9-8-10-7(4-12-2)11-13-8/h5-6H,3-4H2,1-2H3,(H,9,10,11)/t5-,6-/m1/s1. The summed E-state index contributed by atoms with van der Waals surface area (Å²) in [5.74, 6) is 1.55. The minimum atomic E-state index is 0.498. The van der Waals surface area contributed by atoms with E-state index in [4.69, 9.17) is 4.74 Å². The van der Waals surface area contributed by atoms with E-state index in [0.717, 1.165) is 16.9 Å². The molecule has 0 bridgehead atoms. The van der Waals surface area contributed by atoms with Gasteiger partial charge in [-0.15, -0.1) is 0 Å². The number of nitrogens with zero attached hydrogens (tertiary/aromatic N) is 2. The summed E-state index contributed by atoms with van der Waals surface area (Å²) in [5, 5.41) is 4.25. The first-order chi connectivity index (χ1) is 6.29. The Bertz CT molecular complexity index is 289. The summed E-state index contributed by atoms with van der Waals surface area (Å²) in [7, 11) is 1.65. The van der Waals surface area contributed by atoms with Gasteiger partial charge in [-0.25, -0.2) is 4.98 Å². The Labute approximate surface area is 81.5 Å². The summed E-state index contributed by atoms with van der Waals surface area (Å²) in [5.41, 5.74) is 0. The lowest BCUT2D eigenvalue weighted by Crippen LogP contribution is -2.02. The second-order valence-corrected chi connectivity index (χ2v) is 4.16. The molecule has 4 nitrogen and oxygen atoms in total. The Morgan fingerprint density at radius 3 is 3.08 bits per heavy atom. The maximum atomic E-state index is 4.94. The van der Waals surface area contributed by atoms with Crippen molar-refractivity contribution in [1.82, 2.24) is 9.36 Å². The van der Waals surface area contributed by atoms with Crippen LogP contribution in [0, 0.1) is 5.92 Å². The average molecular weight is 199 g/mol. The summed E-state index contributed by atoms with van der Waals surface area (Å²) in [6, 6.07) is 0.614. The van der Waals surface area contributed by atoms with Crippen molar-refractivity contribution in [2.24, 2.45) is 5.92 Å². The van der Waals surface area contributed by atoms with Gasteiger partial charge in [0.2, 0.25) is 5.13 Å². The van der Waals surface area contributed by atoms with Crippen LogP contribution < -0.4 is 5.32 Å². The van der Waals surface area contributed by atoms with Gasteiger partial charge in [0, 0.05) is 24.7 Å². The minimum absolute atomic E-state index is 0.498. The first-order valence-electron chi connectivity index (χ1n) is 4.37. The number of methoxy groups -OCH3 is 1. The molecule has 1 aromatic heterocycles. The topological polar surface area (TPSA) is 47.0 Å². The van der Waals surface area contributed by atoms with Crippen LogP contribution in [0.5, 0.6) is 0 Å². The van der Waals surface area contributed by atoms with Crippen molar-refractivity contribution in [2.45, 2.75) is 26.0 Å². The van der Waals surface area contributed by atoms with Crippen LogP contribution in [-0.4, -0.2) is 22.5 Å². The molecule has 1 fully saturated rings. The van der Waals surface area contributed by atoms with Gasteiger partial charge < -0.3 is 10.1 Å². The molecule has 0 aliphatic heterocycles. The molecule has 1 aromatic rings. The van der Waals surface area contributed by atoms with Crippen LogP contribution in [0.4, 0.5) is 5.13 Å². The van der Waals surface area contributed by atoms with Gasteiger partial charge in [-0.05, 0) is 12.3 Å². The van der Waals surface area contributed by atoms with Crippen LogP contribution in [0.1, 0.15) is 19.2 Å². The summed E-state index contributed by atoms with van der Waals surface area (Å²) >= 11 is 1.41. The molecule has 1 N–H and O–H groups in total. The highest BCUT2D eigenvalue weighted by Crippen LogP contribution is 2.32. The lowest BCUT2D eigenvalue weighted by molar-refractivity contribution is 0.179. The van der Waals surface area contributed by atoms with Crippen LogP contribution in [-0.2, 0) is 11.3 Å². The van der Waals surface area contributed by atoms with Crippen LogP contribution >= 0.6 is 11.5 Å². The Balaban J connectivity index is 1.89. The molecular formula is C8H13N3OS. The van der Waals surface area contributed by atoms with Crippen LogP contribution in [0.2, 0.25) is 0 Å². The average Bonchev–Trinajstić information content (AvgIpc) is 2.63. The fraction of sp³-hybridized carbons (Fsp3) is 0.750. The van der Waals surface area contributed by atoms with E-state index in [-0.39, 0.29) is 0 Å². The maximum absolute atomic E-state index is 4.94. The SMILES string of the molecule is COCc1nsc(N[C@@H]2C[C@H]2C)n1. The molecule has 0 spiro atoms. The number of hydrogen-bond donors (Lipinski definition) is 1. The van der Waals surface area contributed by atoms with Crippen molar-refractivity contribution in [3.05, 3.63) is 5.82 Å². The fourth-order valence-corrected chi connectivity index (χ4v) is 1.82. The smallest absolute Gasteiger partial charge is 0.202 e. The first-order valence-corrected chi connectivity index (χ1v) is 5.15. The molecule has 0 aromatic carbocycles. The van der Waals surface area contributed by atoms with E-state index in [0.29, 0.717) is 12.6 Å². The Morgan fingerprint density at radius 1 is 1.69 bits per heavy atom. The van der Waals surface area contributed by atoms with Gasteiger partial charge in [0.1, 0.15) is 6.61 Å². The monoisotopic (exact) mass is 199 g/mol. The maximum Gasteiger partial charge on any atom is 0.202 e. The molecule has 0 amide bonds. The van der Waals surface area contributed by atoms with E-state index in [9.17, 15) is 0 Å². The van der Waals surface area contributed by atoms with Crippen LogP contribution in [0.15, 0.2) is 0 Å². The third kappa shape index (κ3) is 2.16. The van der Waals surface area contributed by atoms with Gasteiger partial charge in [0.05, 0.1) is 0 Å². The number of ether oxygens (including phenoxy) is 1. The summed E-state index contributed by atoms with van der Waals surface area (Å²) in [6.45, 7) is 2.73. The highest BCUT2D eigenvalue weighted by Gasteiger charge is 2.33. The highest BCUT2D eigenvalue weighted by atomic mass is 32.1. The zero-order valence-corrected chi connectivity index (χ0v) is 8.60. The van der Waals surface area contributed by atoms with Gasteiger partial charge >= 0.3 is 0 Å². The summed E-state index contributed by atoms with van der Waals surface area (Å²) in [4.78, 5) is 4.29. The minimum Gasteiger partial charge on any atom is -0.377 e. The molecule has 2 atom stereocenters. The fourth-order valence-electron chi connectivity index (χ4n) is 1.18. The summed E-state index contributed by atoms with van der Waals surface area (Å²) in [6.07, 6.45) is 1.25. The van der Waals surface area contributed by atoms with E-state index in [1.54, 1.807) is 7.11 Å². The van der Waals surface area contributed by atoms with Crippen LogP contribution in [0.25, 0.3) is 0 Å². The molecular weight excluding hydrogens is 186 g/mol. The van der Waals surface area contributed by atoms with E-state index in [1.165, 1.54) is 18.0 Å². The Hall–Kier alpha value is -0.680.